The molecule has 0 amide bonds. The van der Waals surface area contributed by atoms with E-state index in [0.29, 0.717) is 6.04 Å². The Bertz CT molecular complexity index is 281. The second-order valence-corrected chi connectivity index (χ2v) is 7.50. The smallest absolute Gasteiger partial charge is 0.0669 e. The van der Waals surface area contributed by atoms with Crippen LogP contribution in [0.4, 0.5) is 0 Å². The maximum absolute atomic E-state index is 10.4. The van der Waals surface area contributed by atoms with Gasteiger partial charge in [-0.2, -0.15) is 0 Å². The highest BCUT2D eigenvalue weighted by Gasteiger charge is 2.28. The van der Waals surface area contributed by atoms with Crippen molar-refractivity contribution >= 4 is 0 Å². The van der Waals surface area contributed by atoms with Crippen LogP contribution in [0, 0.1) is 11.8 Å². The minimum atomic E-state index is -0.0988. The van der Waals surface area contributed by atoms with Crippen molar-refractivity contribution in [3.63, 3.8) is 0 Å². The molecule has 116 valence electrons. The standard InChI is InChI=1S/C17H32N2O/c20-17(10-14-4-1-2-5-14)13-19(11-15-7-8-15)12-16-6-3-9-18-16/h14-18,20H,1-13H2. The van der Waals surface area contributed by atoms with Crippen LogP contribution in [0.5, 0.6) is 0 Å². The Balaban J connectivity index is 1.43. The average Bonchev–Trinajstić information content (AvgIpc) is 2.90. The molecule has 0 bridgehead atoms. The fourth-order valence-corrected chi connectivity index (χ4v) is 4.12. The Morgan fingerprint density at radius 3 is 2.40 bits per heavy atom. The van der Waals surface area contributed by atoms with Gasteiger partial charge in [0, 0.05) is 25.7 Å². The van der Waals surface area contributed by atoms with Gasteiger partial charge in [-0.3, -0.25) is 4.90 Å². The summed E-state index contributed by atoms with van der Waals surface area (Å²) in [4.78, 5) is 2.56. The molecule has 2 N–H and O–H groups in total. The molecule has 3 rings (SSSR count). The van der Waals surface area contributed by atoms with Gasteiger partial charge in [0.1, 0.15) is 0 Å². The fraction of sp³-hybridized carbons (Fsp3) is 1.00. The van der Waals surface area contributed by atoms with E-state index in [0.717, 1.165) is 31.3 Å². The van der Waals surface area contributed by atoms with E-state index in [1.54, 1.807) is 0 Å². The lowest BCUT2D eigenvalue weighted by atomic mass is 9.99. The van der Waals surface area contributed by atoms with Gasteiger partial charge < -0.3 is 10.4 Å². The van der Waals surface area contributed by atoms with E-state index in [-0.39, 0.29) is 6.10 Å². The first-order valence-electron chi connectivity index (χ1n) is 8.93. The normalized spacial score (nSPS) is 29.4. The lowest BCUT2D eigenvalue weighted by Crippen LogP contribution is -2.42. The summed E-state index contributed by atoms with van der Waals surface area (Å²) in [6, 6.07) is 0.674. The second-order valence-electron chi connectivity index (χ2n) is 7.50. The van der Waals surface area contributed by atoms with Gasteiger partial charge in [-0.1, -0.05) is 25.7 Å². The van der Waals surface area contributed by atoms with Gasteiger partial charge in [0.15, 0.2) is 0 Å². The molecule has 1 aliphatic heterocycles. The van der Waals surface area contributed by atoms with Gasteiger partial charge >= 0.3 is 0 Å². The van der Waals surface area contributed by atoms with Crippen molar-refractivity contribution in [3.05, 3.63) is 0 Å². The van der Waals surface area contributed by atoms with Crippen LogP contribution < -0.4 is 5.32 Å². The van der Waals surface area contributed by atoms with Crippen LogP contribution in [0.25, 0.3) is 0 Å². The van der Waals surface area contributed by atoms with Gasteiger partial charge in [0.05, 0.1) is 6.10 Å². The van der Waals surface area contributed by atoms with Crippen molar-refractivity contribution in [2.24, 2.45) is 11.8 Å². The van der Waals surface area contributed by atoms with Gasteiger partial charge in [-0.25, -0.2) is 0 Å². The Morgan fingerprint density at radius 1 is 0.950 bits per heavy atom. The first-order chi connectivity index (χ1) is 9.79. The van der Waals surface area contributed by atoms with E-state index in [4.69, 9.17) is 0 Å². The SMILES string of the molecule is OC(CC1CCCC1)CN(CC1CC1)CC1CCCN1. The number of nitrogens with one attached hydrogen (secondary N) is 1. The first-order valence-corrected chi connectivity index (χ1v) is 8.93. The Kier molecular flexibility index (Phi) is 5.36. The first kappa shape index (κ1) is 14.8. The molecule has 2 atom stereocenters. The van der Waals surface area contributed by atoms with Crippen LogP contribution in [0.3, 0.4) is 0 Å². The molecule has 2 saturated carbocycles. The minimum Gasteiger partial charge on any atom is -0.392 e. The molecule has 0 aromatic rings. The van der Waals surface area contributed by atoms with Crippen molar-refractivity contribution < 1.29 is 5.11 Å². The van der Waals surface area contributed by atoms with E-state index in [2.05, 4.69) is 10.2 Å². The average molecular weight is 280 g/mol. The summed E-state index contributed by atoms with van der Waals surface area (Å²) in [5, 5.41) is 14.0. The van der Waals surface area contributed by atoms with Crippen LogP contribution in [-0.2, 0) is 0 Å². The van der Waals surface area contributed by atoms with E-state index in [1.807, 2.05) is 0 Å². The third-order valence-corrected chi connectivity index (χ3v) is 5.40. The largest absolute Gasteiger partial charge is 0.392 e. The predicted molar refractivity (Wildman–Crippen MR) is 82.8 cm³/mol. The second kappa shape index (κ2) is 7.24. The molecule has 3 heteroatoms. The molecule has 3 nitrogen and oxygen atoms in total. The quantitative estimate of drug-likeness (QED) is 0.716. The monoisotopic (exact) mass is 280 g/mol. The van der Waals surface area contributed by atoms with Crippen LogP contribution in [0.15, 0.2) is 0 Å². The molecular weight excluding hydrogens is 248 g/mol. The number of hydrogen-bond donors (Lipinski definition) is 2. The van der Waals surface area contributed by atoms with Crippen LogP contribution >= 0.6 is 0 Å². The summed E-state index contributed by atoms with van der Waals surface area (Å²) in [5.41, 5.74) is 0. The molecule has 0 aromatic heterocycles. The van der Waals surface area contributed by atoms with E-state index in [9.17, 15) is 5.11 Å². The summed E-state index contributed by atoms with van der Waals surface area (Å²) in [6.07, 6.45) is 11.9. The molecule has 0 aromatic carbocycles. The third-order valence-electron chi connectivity index (χ3n) is 5.40. The maximum atomic E-state index is 10.4. The molecule has 20 heavy (non-hydrogen) atoms. The van der Waals surface area contributed by atoms with Gasteiger partial charge in [0.25, 0.3) is 0 Å². The highest BCUT2D eigenvalue weighted by Crippen LogP contribution is 2.31. The van der Waals surface area contributed by atoms with Gasteiger partial charge in [0.2, 0.25) is 0 Å². The number of aliphatic hydroxyl groups is 1. The zero-order chi connectivity index (χ0) is 13.8. The van der Waals surface area contributed by atoms with Gasteiger partial charge in [-0.05, 0) is 50.5 Å². The number of hydrogen-bond acceptors (Lipinski definition) is 3. The number of rotatable bonds is 8. The van der Waals surface area contributed by atoms with Crippen molar-refractivity contribution in [3.8, 4) is 0 Å². The van der Waals surface area contributed by atoms with Crippen LogP contribution in [0.1, 0.15) is 57.8 Å². The maximum Gasteiger partial charge on any atom is 0.0669 e. The molecule has 0 spiro atoms. The zero-order valence-corrected chi connectivity index (χ0v) is 12.9. The number of nitrogens with zero attached hydrogens (tertiary/aromatic N) is 1. The molecule has 2 unspecified atom stereocenters. The van der Waals surface area contributed by atoms with E-state index >= 15 is 0 Å². The van der Waals surface area contributed by atoms with Crippen molar-refractivity contribution in [1.29, 1.82) is 0 Å². The highest BCUT2D eigenvalue weighted by atomic mass is 16.3. The summed E-state index contributed by atoms with van der Waals surface area (Å²) < 4.78 is 0. The summed E-state index contributed by atoms with van der Waals surface area (Å²) in [7, 11) is 0. The summed E-state index contributed by atoms with van der Waals surface area (Å²) in [6.45, 7) is 4.47. The third kappa shape index (κ3) is 4.71. The van der Waals surface area contributed by atoms with Gasteiger partial charge in [-0.15, -0.1) is 0 Å². The lowest BCUT2D eigenvalue weighted by Gasteiger charge is -2.28. The Labute approximate surface area is 124 Å². The summed E-state index contributed by atoms with van der Waals surface area (Å²) in [5.74, 6) is 1.73. The predicted octanol–water partition coefficient (Wildman–Crippen LogP) is 2.39. The minimum absolute atomic E-state index is 0.0988. The number of aliphatic hydroxyl groups excluding tert-OH is 1. The van der Waals surface area contributed by atoms with Crippen molar-refractivity contribution in [2.45, 2.75) is 69.9 Å². The zero-order valence-electron chi connectivity index (χ0n) is 12.9. The van der Waals surface area contributed by atoms with Crippen LogP contribution in [-0.4, -0.2) is 48.3 Å². The van der Waals surface area contributed by atoms with Crippen LogP contribution in [0.2, 0.25) is 0 Å². The Morgan fingerprint density at radius 2 is 1.75 bits per heavy atom. The Hall–Kier alpha value is -0.120. The fourth-order valence-electron chi connectivity index (χ4n) is 4.12. The molecular formula is C17H32N2O. The lowest BCUT2D eigenvalue weighted by molar-refractivity contribution is 0.0850. The van der Waals surface area contributed by atoms with E-state index < -0.39 is 0 Å². The van der Waals surface area contributed by atoms with E-state index in [1.165, 1.54) is 64.5 Å². The summed E-state index contributed by atoms with van der Waals surface area (Å²) >= 11 is 0. The molecule has 3 fully saturated rings. The molecule has 0 radical (unpaired) electrons. The highest BCUT2D eigenvalue weighted by molar-refractivity contribution is 4.84. The molecule has 1 saturated heterocycles. The molecule has 3 aliphatic rings. The molecule has 2 aliphatic carbocycles. The molecule has 1 heterocycles. The topological polar surface area (TPSA) is 35.5 Å². The van der Waals surface area contributed by atoms with Crippen molar-refractivity contribution in [1.82, 2.24) is 10.2 Å². The van der Waals surface area contributed by atoms with Crippen molar-refractivity contribution in [2.75, 3.05) is 26.2 Å².